The van der Waals surface area contributed by atoms with Crippen LogP contribution < -0.4 is 4.74 Å². The van der Waals surface area contributed by atoms with E-state index < -0.39 is 0 Å². The second-order valence-corrected chi connectivity index (χ2v) is 6.69. The summed E-state index contributed by atoms with van der Waals surface area (Å²) in [6.45, 7) is 0. The monoisotopic (exact) mass is 298 g/mol. The number of fused-ring (bicyclic) bond motifs is 1. The maximum absolute atomic E-state index is 6.68. The largest absolute Gasteiger partial charge is 0.457 e. The molecule has 0 spiro atoms. The predicted octanol–water partition coefficient (Wildman–Crippen LogP) is 5.80. The molecule has 2 fully saturated rings. The average Bonchev–Trinajstić information content (AvgIpc) is 3.00. The number of hydrogen-bond donors (Lipinski definition) is 0. The van der Waals surface area contributed by atoms with Gasteiger partial charge in [-0.2, -0.15) is 0 Å². The number of alkyl halides is 1. The van der Waals surface area contributed by atoms with E-state index in [9.17, 15) is 0 Å². The Balaban J connectivity index is 1.44. The predicted molar refractivity (Wildman–Crippen MR) is 85.9 cm³/mol. The molecule has 0 aliphatic heterocycles. The van der Waals surface area contributed by atoms with E-state index in [4.69, 9.17) is 16.3 Å². The van der Waals surface area contributed by atoms with Gasteiger partial charge in [0.05, 0.1) is 5.38 Å². The lowest BCUT2D eigenvalue weighted by Crippen LogP contribution is -1.98. The van der Waals surface area contributed by atoms with E-state index in [1.807, 2.05) is 42.5 Å². The molecule has 0 saturated heterocycles. The number of ether oxygens (including phenoxy) is 1. The fourth-order valence-corrected chi connectivity index (χ4v) is 4.40. The van der Waals surface area contributed by atoms with Gasteiger partial charge in [0.15, 0.2) is 0 Å². The molecule has 0 radical (unpaired) electrons. The Labute approximate surface area is 130 Å². The molecule has 2 aromatic rings. The first kappa shape index (κ1) is 13.2. The topological polar surface area (TPSA) is 9.23 Å². The van der Waals surface area contributed by atoms with Crippen LogP contribution >= 0.6 is 11.6 Å². The van der Waals surface area contributed by atoms with Gasteiger partial charge in [-0.25, -0.2) is 0 Å². The molecule has 21 heavy (non-hydrogen) atoms. The van der Waals surface area contributed by atoms with Gasteiger partial charge in [-0.15, -0.1) is 11.6 Å². The normalized spacial score (nSPS) is 28.0. The average molecular weight is 299 g/mol. The SMILES string of the molecule is ClC(c1ccc(Oc2ccccc2)cc1)C1C2CCCC21. The van der Waals surface area contributed by atoms with Gasteiger partial charge in [0, 0.05) is 0 Å². The van der Waals surface area contributed by atoms with E-state index in [1.165, 1.54) is 24.8 Å². The van der Waals surface area contributed by atoms with Crippen LogP contribution in [0.15, 0.2) is 54.6 Å². The zero-order valence-corrected chi connectivity index (χ0v) is 12.7. The molecule has 2 aliphatic rings. The zero-order chi connectivity index (χ0) is 14.2. The molecule has 0 N–H and O–H groups in total. The van der Waals surface area contributed by atoms with Gasteiger partial charge >= 0.3 is 0 Å². The molecule has 4 rings (SSSR count). The van der Waals surface area contributed by atoms with Gasteiger partial charge in [0.2, 0.25) is 0 Å². The Morgan fingerprint density at radius 3 is 2.14 bits per heavy atom. The van der Waals surface area contributed by atoms with Gasteiger partial charge in [-0.1, -0.05) is 36.8 Å². The molecular weight excluding hydrogens is 280 g/mol. The summed E-state index contributed by atoms with van der Waals surface area (Å²) in [6, 6.07) is 18.1. The summed E-state index contributed by atoms with van der Waals surface area (Å²) < 4.78 is 5.82. The van der Waals surface area contributed by atoms with Crippen molar-refractivity contribution in [3.8, 4) is 11.5 Å². The fraction of sp³-hybridized carbons (Fsp3) is 0.368. The lowest BCUT2D eigenvalue weighted by molar-refractivity contribution is 0.482. The Morgan fingerprint density at radius 2 is 1.48 bits per heavy atom. The molecule has 108 valence electrons. The van der Waals surface area contributed by atoms with Crippen molar-refractivity contribution in [2.24, 2.45) is 17.8 Å². The van der Waals surface area contributed by atoms with Crippen molar-refractivity contribution in [1.82, 2.24) is 0 Å². The third-order valence-electron chi connectivity index (χ3n) is 4.99. The first-order valence-electron chi connectivity index (χ1n) is 7.80. The van der Waals surface area contributed by atoms with Gasteiger partial charge in [0.25, 0.3) is 0 Å². The van der Waals surface area contributed by atoms with Crippen LogP contribution in [0.4, 0.5) is 0 Å². The molecule has 0 amide bonds. The Kier molecular flexibility index (Phi) is 3.39. The standard InChI is InChI=1S/C19H19ClO/c20-19(18-16-7-4-8-17(16)18)13-9-11-15(12-10-13)21-14-5-2-1-3-6-14/h1-3,5-6,9-12,16-19H,4,7-8H2. The second-order valence-electron chi connectivity index (χ2n) is 6.22. The molecule has 2 saturated carbocycles. The highest BCUT2D eigenvalue weighted by Crippen LogP contribution is 2.63. The minimum atomic E-state index is 0.172. The summed E-state index contributed by atoms with van der Waals surface area (Å²) in [4.78, 5) is 0. The Hall–Kier alpha value is -1.47. The number of rotatable bonds is 4. The maximum Gasteiger partial charge on any atom is 0.127 e. The maximum atomic E-state index is 6.68. The van der Waals surface area contributed by atoms with E-state index >= 15 is 0 Å². The van der Waals surface area contributed by atoms with Crippen LogP contribution in [-0.4, -0.2) is 0 Å². The number of para-hydroxylation sites is 1. The lowest BCUT2D eigenvalue weighted by Gasteiger charge is -2.13. The number of hydrogen-bond acceptors (Lipinski definition) is 1. The van der Waals surface area contributed by atoms with E-state index in [0.717, 1.165) is 23.3 Å². The highest BCUT2D eigenvalue weighted by atomic mass is 35.5. The fourth-order valence-electron chi connectivity index (χ4n) is 3.88. The second kappa shape index (κ2) is 5.38. The third kappa shape index (κ3) is 2.55. The summed E-state index contributed by atoms with van der Waals surface area (Å²) in [6.07, 6.45) is 4.17. The molecule has 2 heteroatoms. The highest BCUT2D eigenvalue weighted by Gasteiger charge is 2.55. The summed E-state index contributed by atoms with van der Waals surface area (Å²) >= 11 is 6.68. The van der Waals surface area contributed by atoms with Crippen LogP contribution in [0, 0.1) is 17.8 Å². The van der Waals surface area contributed by atoms with Crippen LogP contribution in [0.1, 0.15) is 30.2 Å². The van der Waals surface area contributed by atoms with Crippen molar-refractivity contribution < 1.29 is 4.74 Å². The van der Waals surface area contributed by atoms with Crippen LogP contribution in [0.5, 0.6) is 11.5 Å². The Bertz CT molecular complexity index is 597. The molecular formula is C19H19ClO. The van der Waals surface area contributed by atoms with Gasteiger partial charge in [0.1, 0.15) is 11.5 Å². The number of benzene rings is 2. The first-order chi connectivity index (χ1) is 10.3. The van der Waals surface area contributed by atoms with Crippen LogP contribution in [0.2, 0.25) is 0 Å². The van der Waals surface area contributed by atoms with Crippen molar-refractivity contribution in [2.45, 2.75) is 24.6 Å². The smallest absolute Gasteiger partial charge is 0.127 e. The highest BCUT2D eigenvalue weighted by molar-refractivity contribution is 6.21. The first-order valence-corrected chi connectivity index (χ1v) is 8.23. The van der Waals surface area contributed by atoms with Crippen molar-refractivity contribution in [3.05, 3.63) is 60.2 Å². The molecule has 2 aromatic carbocycles. The minimum absolute atomic E-state index is 0.172. The van der Waals surface area contributed by atoms with Gasteiger partial charge < -0.3 is 4.74 Å². The van der Waals surface area contributed by atoms with E-state index in [0.29, 0.717) is 5.92 Å². The van der Waals surface area contributed by atoms with Crippen LogP contribution in [0.3, 0.4) is 0 Å². The molecule has 2 aliphatic carbocycles. The van der Waals surface area contributed by atoms with E-state index in [1.54, 1.807) is 0 Å². The van der Waals surface area contributed by atoms with Crippen molar-refractivity contribution in [1.29, 1.82) is 0 Å². The quantitative estimate of drug-likeness (QED) is 0.648. The summed E-state index contributed by atoms with van der Waals surface area (Å²) in [5.41, 5.74) is 1.23. The third-order valence-corrected chi connectivity index (χ3v) is 5.53. The minimum Gasteiger partial charge on any atom is -0.457 e. The Morgan fingerprint density at radius 1 is 0.857 bits per heavy atom. The molecule has 0 heterocycles. The van der Waals surface area contributed by atoms with Crippen molar-refractivity contribution >= 4 is 11.6 Å². The number of halogens is 1. The molecule has 1 nitrogen and oxygen atoms in total. The molecule has 3 unspecified atom stereocenters. The summed E-state index contributed by atoms with van der Waals surface area (Å²) in [5.74, 6) is 4.23. The molecule has 3 atom stereocenters. The van der Waals surface area contributed by atoms with Crippen LogP contribution in [0.25, 0.3) is 0 Å². The summed E-state index contributed by atoms with van der Waals surface area (Å²) in [7, 11) is 0. The summed E-state index contributed by atoms with van der Waals surface area (Å²) in [5, 5.41) is 0.172. The zero-order valence-electron chi connectivity index (χ0n) is 11.9. The van der Waals surface area contributed by atoms with Gasteiger partial charge in [-0.3, -0.25) is 0 Å². The van der Waals surface area contributed by atoms with Crippen LogP contribution in [-0.2, 0) is 0 Å². The van der Waals surface area contributed by atoms with E-state index in [2.05, 4.69) is 12.1 Å². The molecule has 0 aromatic heterocycles. The van der Waals surface area contributed by atoms with Crippen molar-refractivity contribution in [2.75, 3.05) is 0 Å². The lowest BCUT2D eigenvalue weighted by atomic mass is 10.0. The van der Waals surface area contributed by atoms with E-state index in [-0.39, 0.29) is 5.38 Å². The van der Waals surface area contributed by atoms with Crippen molar-refractivity contribution in [3.63, 3.8) is 0 Å². The van der Waals surface area contributed by atoms with Gasteiger partial charge in [-0.05, 0) is 60.4 Å². The molecule has 0 bridgehead atoms.